The first-order valence-electron chi connectivity index (χ1n) is 4.34. The molecule has 0 aliphatic heterocycles. The zero-order valence-corrected chi connectivity index (χ0v) is 9.34. The molecule has 3 N–H and O–H groups in total. The van der Waals surface area contributed by atoms with Gasteiger partial charge in [0, 0.05) is 0 Å². The lowest BCUT2D eigenvalue weighted by Crippen LogP contribution is -2.07. The molecule has 5 nitrogen and oxygen atoms in total. The molecule has 0 aromatic heterocycles. The Bertz CT molecular complexity index is 467. The van der Waals surface area contributed by atoms with Crippen molar-refractivity contribution in [2.45, 2.75) is 18.2 Å². The predicted octanol–water partition coefficient (Wildman–Crippen LogP) is 1.09. The first-order chi connectivity index (χ1) is 6.91. The van der Waals surface area contributed by atoms with Crippen molar-refractivity contribution in [3.05, 3.63) is 17.7 Å². The Kier molecular flexibility index (Phi) is 3.21. The first kappa shape index (κ1) is 11.8. The Balaban J connectivity index is 3.63. The first-order valence-corrected chi connectivity index (χ1v) is 5.78. The van der Waals surface area contributed by atoms with Crippen LogP contribution in [0.3, 0.4) is 0 Å². The molecule has 0 bridgehead atoms. The summed E-state index contributed by atoms with van der Waals surface area (Å²) in [6, 6.07) is 3.10. The molecule has 6 heteroatoms. The SMILES string of the molecule is CCc1ccc(N)c(OC)c1S(=O)(=O)O. The van der Waals surface area contributed by atoms with Gasteiger partial charge in [-0.1, -0.05) is 13.0 Å². The van der Waals surface area contributed by atoms with Crippen molar-refractivity contribution < 1.29 is 17.7 Å². The third-order valence-electron chi connectivity index (χ3n) is 2.07. The van der Waals surface area contributed by atoms with E-state index in [0.29, 0.717) is 12.0 Å². The van der Waals surface area contributed by atoms with Crippen molar-refractivity contribution >= 4 is 15.8 Å². The molecule has 1 aromatic rings. The molecule has 84 valence electrons. The van der Waals surface area contributed by atoms with E-state index in [0.717, 1.165) is 0 Å². The van der Waals surface area contributed by atoms with Gasteiger partial charge in [0.25, 0.3) is 10.1 Å². The fraction of sp³-hybridized carbons (Fsp3) is 0.333. The quantitative estimate of drug-likeness (QED) is 0.600. The van der Waals surface area contributed by atoms with E-state index in [1.165, 1.54) is 7.11 Å². The van der Waals surface area contributed by atoms with E-state index in [-0.39, 0.29) is 16.3 Å². The molecule has 1 rings (SSSR count). The van der Waals surface area contributed by atoms with Crippen LogP contribution in [0.1, 0.15) is 12.5 Å². The second-order valence-corrected chi connectivity index (χ2v) is 4.36. The van der Waals surface area contributed by atoms with Gasteiger partial charge in [-0.05, 0) is 18.1 Å². The minimum atomic E-state index is -4.32. The highest BCUT2D eigenvalue weighted by atomic mass is 32.2. The molecule has 0 saturated carbocycles. The number of benzene rings is 1. The maximum atomic E-state index is 11.2. The van der Waals surface area contributed by atoms with E-state index in [2.05, 4.69) is 0 Å². The summed E-state index contributed by atoms with van der Waals surface area (Å²) in [7, 11) is -3.01. The molecule has 0 atom stereocenters. The Labute approximate surface area is 88.6 Å². The van der Waals surface area contributed by atoms with Gasteiger partial charge in [-0.15, -0.1) is 0 Å². The zero-order chi connectivity index (χ0) is 11.6. The van der Waals surface area contributed by atoms with E-state index in [1.807, 2.05) is 0 Å². The third-order valence-corrected chi connectivity index (χ3v) is 3.03. The fourth-order valence-electron chi connectivity index (χ4n) is 1.39. The summed E-state index contributed by atoms with van der Waals surface area (Å²) >= 11 is 0. The summed E-state index contributed by atoms with van der Waals surface area (Å²) < 4.78 is 36.3. The highest BCUT2D eigenvalue weighted by Crippen LogP contribution is 2.33. The molecule has 0 unspecified atom stereocenters. The molecule has 0 radical (unpaired) electrons. The van der Waals surface area contributed by atoms with Crippen LogP contribution in [0.4, 0.5) is 5.69 Å². The summed E-state index contributed by atoms with van der Waals surface area (Å²) in [6.45, 7) is 1.78. The Morgan fingerprint density at radius 3 is 2.47 bits per heavy atom. The summed E-state index contributed by atoms with van der Waals surface area (Å²) in [6.07, 6.45) is 0.464. The van der Waals surface area contributed by atoms with Crippen LogP contribution in [-0.4, -0.2) is 20.1 Å². The number of hydrogen-bond acceptors (Lipinski definition) is 4. The number of rotatable bonds is 3. The normalized spacial score (nSPS) is 11.4. The van der Waals surface area contributed by atoms with Gasteiger partial charge in [0.15, 0.2) is 5.75 Å². The number of ether oxygens (including phenoxy) is 1. The van der Waals surface area contributed by atoms with E-state index >= 15 is 0 Å². The van der Waals surface area contributed by atoms with Crippen LogP contribution in [0.2, 0.25) is 0 Å². The van der Waals surface area contributed by atoms with Crippen molar-refractivity contribution in [2.24, 2.45) is 0 Å². The number of aryl methyl sites for hydroxylation is 1. The number of anilines is 1. The van der Waals surface area contributed by atoms with Crippen LogP contribution >= 0.6 is 0 Å². The second-order valence-electron chi connectivity index (χ2n) is 3.00. The molecule has 0 amide bonds. The van der Waals surface area contributed by atoms with Crippen LogP contribution in [0.25, 0.3) is 0 Å². The second kappa shape index (κ2) is 4.08. The van der Waals surface area contributed by atoms with Crippen molar-refractivity contribution in [3.8, 4) is 5.75 Å². The molecule has 0 aliphatic carbocycles. The van der Waals surface area contributed by atoms with Gasteiger partial charge in [0.2, 0.25) is 0 Å². The summed E-state index contributed by atoms with van der Waals surface area (Å²) in [5.74, 6) is -0.00292. The van der Waals surface area contributed by atoms with Gasteiger partial charge in [-0.3, -0.25) is 4.55 Å². The monoisotopic (exact) mass is 231 g/mol. The van der Waals surface area contributed by atoms with Crippen molar-refractivity contribution in [3.63, 3.8) is 0 Å². The Hall–Kier alpha value is -1.27. The maximum Gasteiger partial charge on any atom is 0.298 e. The van der Waals surface area contributed by atoms with Crippen LogP contribution in [-0.2, 0) is 16.5 Å². The number of nitrogen functional groups attached to an aromatic ring is 1. The van der Waals surface area contributed by atoms with E-state index in [4.69, 9.17) is 15.0 Å². The van der Waals surface area contributed by atoms with Gasteiger partial charge >= 0.3 is 0 Å². The molecule has 0 heterocycles. The lowest BCUT2D eigenvalue weighted by atomic mass is 10.1. The van der Waals surface area contributed by atoms with Gasteiger partial charge in [0.1, 0.15) is 4.90 Å². The molecule has 0 spiro atoms. The van der Waals surface area contributed by atoms with Crippen molar-refractivity contribution in [1.29, 1.82) is 0 Å². The summed E-state index contributed by atoms with van der Waals surface area (Å²) in [4.78, 5) is -0.243. The highest BCUT2D eigenvalue weighted by Gasteiger charge is 2.22. The van der Waals surface area contributed by atoms with Crippen molar-refractivity contribution in [1.82, 2.24) is 0 Å². The van der Waals surface area contributed by atoms with Crippen LogP contribution in [0, 0.1) is 0 Å². The Morgan fingerprint density at radius 1 is 1.47 bits per heavy atom. The average molecular weight is 231 g/mol. The van der Waals surface area contributed by atoms with Gasteiger partial charge in [0.05, 0.1) is 12.8 Å². The highest BCUT2D eigenvalue weighted by molar-refractivity contribution is 7.86. The molecule has 1 aromatic carbocycles. The van der Waals surface area contributed by atoms with E-state index in [9.17, 15) is 8.42 Å². The van der Waals surface area contributed by atoms with Crippen LogP contribution in [0.5, 0.6) is 5.75 Å². The largest absolute Gasteiger partial charge is 0.493 e. The lowest BCUT2D eigenvalue weighted by Gasteiger charge is -2.12. The van der Waals surface area contributed by atoms with Crippen LogP contribution < -0.4 is 10.5 Å². The number of nitrogens with two attached hydrogens (primary N) is 1. The molecular weight excluding hydrogens is 218 g/mol. The van der Waals surface area contributed by atoms with Gasteiger partial charge in [-0.25, -0.2) is 0 Å². The number of hydrogen-bond donors (Lipinski definition) is 2. The minimum Gasteiger partial charge on any atom is -0.493 e. The average Bonchev–Trinajstić information content (AvgIpc) is 2.15. The van der Waals surface area contributed by atoms with Gasteiger partial charge < -0.3 is 10.5 Å². The van der Waals surface area contributed by atoms with Crippen molar-refractivity contribution in [2.75, 3.05) is 12.8 Å². The molecule has 0 aliphatic rings. The van der Waals surface area contributed by atoms with Crippen LogP contribution in [0.15, 0.2) is 17.0 Å². The summed E-state index contributed by atoms with van der Waals surface area (Å²) in [5.41, 5.74) is 6.21. The predicted molar refractivity (Wildman–Crippen MR) is 56.6 cm³/mol. The van der Waals surface area contributed by atoms with E-state index < -0.39 is 10.1 Å². The minimum absolute atomic E-state index is 0.00292. The topological polar surface area (TPSA) is 89.6 Å². The standard InChI is InChI=1S/C9H13NO4S/c1-3-6-4-5-7(10)8(14-2)9(6)15(11,12)13/h4-5H,3,10H2,1-2H3,(H,11,12,13). The lowest BCUT2D eigenvalue weighted by molar-refractivity contribution is 0.398. The van der Waals surface area contributed by atoms with Gasteiger partial charge in [-0.2, -0.15) is 8.42 Å². The summed E-state index contributed by atoms with van der Waals surface area (Å²) in [5, 5.41) is 0. The Morgan fingerprint density at radius 2 is 2.07 bits per heavy atom. The number of methoxy groups -OCH3 is 1. The molecule has 0 fully saturated rings. The van der Waals surface area contributed by atoms with E-state index in [1.54, 1.807) is 19.1 Å². The molecular formula is C9H13NO4S. The molecule has 0 saturated heterocycles. The fourth-order valence-corrected chi connectivity index (χ4v) is 2.37. The molecule has 15 heavy (non-hydrogen) atoms. The smallest absolute Gasteiger partial charge is 0.298 e. The maximum absolute atomic E-state index is 11.2. The third kappa shape index (κ3) is 2.21. The zero-order valence-electron chi connectivity index (χ0n) is 8.52.